The minimum atomic E-state index is 0.674. The summed E-state index contributed by atoms with van der Waals surface area (Å²) in [6.45, 7) is 8.07. The predicted molar refractivity (Wildman–Crippen MR) is 53.9 cm³/mol. The Morgan fingerprint density at radius 1 is 1.31 bits per heavy atom. The van der Waals surface area contributed by atoms with Crippen LogP contribution in [-0.4, -0.2) is 49.7 Å². The fourth-order valence-electron chi connectivity index (χ4n) is 2.40. The van der Waals surface area contributed by atoms with Gasteiger partial charge in [0.05, 0.1) is 0 Å². The van der Waals surface area contributed by atoms with Crippen molar-refractivity contribution in [2.75, 3.05) is 32.7 Å². The molecule has 2 fully saturated rings. The van der Waals surface area contributed by atoms with Crippen molar-refractivity contribution < 1.29 is 0 Å². The van der Waals surface area contributed by atoms with Crippen LogP contribution in [0.3, 0.4) is 0 Å². The van der Waals surface area contributed by atoms with Crippen LogP contribution in [0, 0.1) is 0 Å². The highest BCUT2D eigenvalue weighted by molar-refractivity contribution is 4.83. The highest BCUT2D eigenvalue weighted by Gasteiger charge is 2.24. The van der Waals surface area contributed by atoms with Crippen molar-refractivity contribution in [1.82, 2.24) is 15.5 Å². The minimum Gasteiger partial charge on any atom is -0.312 e. The lowest BCUT2D eigenvalue weighted by molar-refractivity contribution is 0.123. The second-order valence-corrected chi connectivity index (χ2v) is 4.25. The summed E-state index contributed by atoms with van der Waals surface area (Å²) in [4.78, 5) is 2.65. The van der Waals surface area contributed by atoms with Crippen molar-refractivity contribution in [3.05, 3.63) is 0 Å². The highest BCUT2D eigenvalue weighted by Crippen LogP contribution is 2.14. The van der Waals surface area contributed by atoms with Gasteiger partial charge < -0.3 is 5.32 Å². The second kappa shape index (κ2) is 4.40. The number of hydrogen-bond donors (Lipinski definition) is 1. The van der Waals surface area contributed by atoms with E-state index in [1.165, 1.54) is 25.9 Å². The monoisotopic (exact) mass is 182 g/mol. The molecule has 2 rings (SSSR count). The van der Waals surface area contributed by atoms with Crippen LogP contribution in [0.15, 0.2) is 0 Å². The van der Waals surface area contributed by atoms with E-state index in [2.05, 4.69) is 22.5 Å². The lowest BCUT2D eigenvalue weighted by Gasteiger charge is -2.39. The van der Waals surface area contributed by atoms with Gasteiger partial charge in [0.25, 0.3) is 0 Å². The summed E-state index contributed by atoms with van der Waals surface area (Å²) in [5.74, 6) is 0. The van der Waals surface area contributed by atoms with Gasteiger partial charge in [-0.2, -0.15) is 0 Å². The molecule has 1 unspecified atom stereocenters. The first-order valence-electron chi connectivity index (χ1n) is 5.47. The van der Waals surface area contributed by atoms with Crippen LogP contribution in [0.4, 0.5) is 0 Å². The number of hydrogen-bond acceptors (Lipinski definition) is 2. The molecule has 0 aromatic rings. The molecule has 1 atom stereocenters. The topological polar surface area (TPSA) is 29.4 Å². The summed E-state index contributed by atoms with van der Waals surface area (Å²) in [7, 11) is 0. The molecule has 13 heavy (non-hydrogen) atoms. The summed E-state index contributed by atoms with van der Waals surface area (Å²) >= 11 is 0. The van der Waals surface area contributed by atoms with Gasteiger partial charge >= 0.3 is 0 Å². The molecule has 0 amide bonds. The molecule has 0 spiro atoms. The average Bonchev–Trinajstić information content (AvgIpc) is 2.19. The zero-order valence-corrected chi connectivity index (χ0v) is 8.50. The Bertz CT molecular complexity index is 154. The van der Waals surface area contributed by atoms with E-state index in [1.54, 1.807) is 0 Å². The molecule has 1 radical (unpaired) electrons. The first-order valence-corrected chi connectivity index (χ1v) is 5.47. The Hall–Kier alpha value is -0.120. The van der Waals surface area contributed by atoms with Gasteiger partial charge in [0.1, 0.15) is 0 Å². The first-order chi connectivity index (χ1) is 6.36. The fraction of sp³-hybridized carbons (Fsp3) is 1.00. The summed E-state index contributed by atoms with van der Waals surface area (Å²) in [6.07, 6.45) is 2.57. The van der Waals surface area contributed by atoms with E-state index in [1.807, 2.05) is 0 Å². The van der Waals surface area contributed by atoms with Crippen molar-refractivity contribution in [3.63, 3.8) is 0 Å². The third-order valence-electron chi connectivity index (χ3n) is 3.16. The maximum absolute atomic E-state index is 4.40. The van der Waals surface area contributed by atoms with E-state index in [-0.39, 0.29) is 0 Å². The molecule has 0 bridgehead atoms. The summed E-state index contributed by atoms with van der Waals surface area (Å²) < 4.78 is 0. The fourth-order valence-corrected chi connectivity index (χ4v) is 2.40. The van der Waals surface area contributed by atoms with Crippen molar-refractivity contribution in [2.24, 2.45) is 0 Å². The van der Waals surface area contributed by atoms with E-state index in [4.69, 9.17) is 0 Å². The van der Waals surface area contributed by atoms with Crippen molar-refractivity contribution >= 4 is 0 Å². The molecule has 2 aliphatic rings. The van der Waals surface area contributed by atoms with Crippen molar-refractivity contribution in [3.8, 4) is 0 Å². The Labute approximate surface area is 80.9 Å². The zero-order chi connectivity index (χ0) is 9.10. The summed E-state index contributed by atoms with van der Waals surface area (Å²) in [6, 6.07) is 1.50. The largest absolute Gasteiger partial charge is 0.312 e. The van der Waals surface area contributed by atoms with E-state index >= 15 is 0 Å². The highest BCUT2D eigenvalue weighted by atomic mass is 15.2. The molecule has 3 heteroatoms. The standard InChI is InChI=1S/C10H20N3/c1-9-8-13(7-6-12-9)10-2-4-11-5-3-10/h9-10,12H,2-8H2,1H3. The van der Waals surface area contributed by atoms with Crippen LogP contribution in [0.5, 0.6) is 0 Å². The van der Waals surface area contributed by atoms with Gasteiger partial charge in [0.2, 0.25) is 0 Å². The SMILES string of the molecule is CC1CN(C2CC[N]CC2)CCN1. The molecule has 75 valence electrons. The average molecular weight is 182 g/mol. The van der Waals surface area contributed by atoms with Gasteiger partial charge in [0.15, 0.2) is 0 Å². The molecular formula is C10H20N3. The molecule has 0 aromatic carbocycles. The summed E-state index contributed by atoms with van der Waals surface area (Å²) in [5, 5.41) is 7.88. The zero-order valence-electron chi connectivity index (χ0n) is 8.50. The van der Waals surface area contributed by atoms with E-state index < -0.39 is 0 Å². The number of rotatable bonds is 1. The maximum atomic E-state index is 4.40. The number of nitrogens with one attached hydrogen (secondary N) is 1. The number of piperidine rings is 1. The van der Waals surface area contributed by atoms with Crippen LogP contribution in [0.1, 0.15) is 19.8 Å². The Morgan fingerprint density at radius 2 is 2.08 bits per heavy atom. The Kier molecular flexibility index (Phi) is 3.19. The van der Waals surface area contributed by atoms with E-state index in [0.29, 0.717) is 6.04 Å². The molecule has 2 saturated heterocycles. The molecule has 0 aliphatic carbocycles. The quantitative estimate of drug-likeness (QED) is 0.621. The molecule has 0 saturated carbocycles. The number of nitrogens with zero attached hydrogens (tertiary/aromatic N) is 2. The van der Waals surface area contributed by atoms with Crippen molar-refractivity contribution in [2.45, 2.75) is 31.8 Å². The maximum Gasteiger partial charge on any atom is 0.0167 e. The van der Waals surface area contributed by atoms with Crippen LogP contribution in [-0.2, 0) is 0 Å². The lowest BCUT2D eigenvalue weighted by Crippen LogP contribution is -2.54. The van der Waals surface area contributed by atoms with Crippen LogP contribution < -0.4 is 10.6 Å². The smallest absolute Gasteiger partial charge is 0.0167 e. The van der Waals surface area contributed by atoms with E-state index in [0.717, 1.165) is 25.7 Å². The molecule has 2 aliphatic heterocycles. The molecule has 2 heterocycles. The van der Waals surface area contributed by atoms with Crippen LogP contribution in [0.25, 0.3) is 0 Å². The molecule has 0 aromatic heterocycles. The van der Waals surface area contributed by atoms with Gasteiger partial charge in [0, 0.05) is 44.8 Å². The molecule has 3 nitrogen and oxygen atoms in total. The van der Waals surface area contributed by atoms with Gasteiger partial charge in [-0.05, 0) is 19.8 Å². The second-order valence-electron chi connectivity index (χ2n) is 4.25. The third kappa shape index (κ3) is 2.42. The van der Waals surface area contributed by atoms with Gasteiger partial charge in [-0.3, -0.25) is 4.90 Å². The van der Waals surface area contributed by atoms with Crippen LogP contribution >= 0.6 is 0 Å². The summed E-state index contributed by atoms with van der Waals surface area (Å²) in [5.41, 5.74) is 0. The van der Waals surface area contributed by atoms with Gasteiger partial charge in [-0.15, -0.1) is 0 Å². The molecule has 1 N–H and O–H groups in total. The Balaban J connectivity index is 1.83. The predicted octanol–water partition coefficient (Wildman–Crippen LogP) is 0.0469. The normalized spacial score (nSPS) is 33.5. The minimum absolute atomic E-state index is 0.674. The van der Waals surface area contributed by atoms with Crippen LogP contribution in [0.2, 0.25) is 0 Å². The van der Waals surface area contributed by atoms with Gasteiger partial charge in [-0.1, -0.05) is 0 Å². The number of piperazine rings is 1. The Morgan fingerprint density at radius 3 is 2.77 bits per heavy atom. The van der Waals surface area contributed by atoms with E-state index in [9.17, 15) is 0 Å². The third-order valence-corrected chi connectivity index (χ3v) is 3.16. The first kappa shape index (κ1) is 9.44. The molecular weight excluding hydrogens is 162 g/mol. The lowest BCUT2D eigenvalue weighted by atomic mass is 10.0. The van der Waals surface area contributed by atoms with Gasteiger partial charge in [-0.25, -0.2) is 5.32 Å². The van der Waals surface area contributed by atoms with Crippen molar-refractivity contribution in [1.29, 1.82) is 0 Å².